The van der Waals surface area contributed by atoms with Crippen molar-refractivity contribution in [2.75, 3.05) is 32.7 Å². The smallest absolute Gasteiger partial charge is 0.293 e. The van der Waals surface area contributed by atoms with E-state index in [4.69, 9.17) is 9.97 Å². The van der Waals surface area contributed by atoms with Crippen molar-refractivity contribution in [3.8, 4) is 0 Å². The van der Waals surface area contributed by atoms with Crippen molar-refractivity contribution in [3.63, 3.8) is 0 Å². The lowest BCUT2D eigenvalue weighted by Crippen LogP contribution is -2.48. The van der Waals surface area contributed by atoms with Gasteiger partial charge in [0.1, 0.15) is 10.7 Å². The van der Waals surface area contributed by atoms with Gasteiger partial charge in [0.05, 0.1) is 5.39 Å². The third-order valence-electron chi connectivity index (χ3n) is 6.19. The number of carbonyl (C=O) groups excluding carboxylic acids is 1. The molecule has 3 aromatic rings. The van der Waals surface area contributed by atoms with Crippen LogP contribution in [0.3, 0.4) is 0 Å². The van der Waals surface area contributed by atoms with E-state index >= 15 is 0 Å². The Morgan fingerprint density at radius 1 is 1.21 bits per heavy atom. The molecule has 8 heteroatoms. The molecular weight excluding hydrogens is 372 g/mol. The standard InChI is InChI=1S/C20H26N6OS/c1-4-24-7-9-25(10-8-24)20(27)17-22-18-16-14-11-12(2)5-6-15(14)28-19(16)21-13(3)26(18)23-17/h12H,4-11H2,1-3H3. The quantitative estimate of drug-likeness (QED) is 0.664. The van der Waals surface area contributed by atoms with Crippen molar-refractivity contribution in [1.29, 1.82) is 0 Å². The number of likely N-dealkylation sites (N-methyl/N-ethyl adjacent to an activating group) is 1. The maximum atomic E-state index is 13.0. The molecule has 1 atom stereocenters. The van der Waals surface area contributed by atoms with E-state index in [-0.39, 0.29) is 5.91 Å². The number of fused-ring (bicyclic) bond motifs is 5. The average Bonchev–Trinajstić information content (AvgIpc) is 3.29. The van der Waals surface area contributed by atoms with Gasteiger partial charge in [0, 0.05) is 31.1 Å². The number of rotatable bonds is 2. The normalized spacial score (nSPS) is 20.8. The summed E-state index contributed by atoms with van der Waals surface area (Å²) in [6.45, 7) is 10.7. The first kappa shape index (κ1) is 18.0. The number of aryl methyl sites for hydroxylation is 2. The number of piperazine rings is 1. The fourth-order valence-electron chi connectivity index (χ4n) is 4.45. The molecule has 1 aliphatic carbocycles. The minimum Gasteiger partial charge on any atom is -0.333 e. The Hall–Kier alpha value is -2.06. The number of carbonyl (C=O) groups is 1. The first-order valence-corrected chi connectivity index (χ1v) is 11.1. The van der Waals surface area contributed by atoms with Gasteiger partial charge in [0.15, 0.2) is 5.65 Å². The molecule has 1 fully saturated rings. The molecule has 1 unspecified atom stereocenters. The van der Waals surface area contributed by atoms with E-state index in [9.17, 15) is 4.79 Å². The van der Waals surface area contributed by atoms with E-state index in [2.05, 4.69) is 23.8 Å². The molecule has 28 heavy (non-hydrogen) atoms. The van der Waals surface area contributed by atoms with E-state index in [0.29, 0.717) is 11.7 Å². The number of nitrogens with zero attached hydrogens (tertiary/aromatic N) is 6. The van der Waals surface area contributed by atoms with E-state index in [1.807, 2.05) is 11.8 Å². The van der Waals surface area contributed by atoms with Gasteiger partial charge >= 0.3 is 0 Å². The molecule has 0 aromatic carbocycles. The molecule has 3 aromatic heterocycles. The Bertz CT molecular complexity index is 1060. The highest BCUT2D eigenvalue weighted by atomic mass is 32.1. The van der Waals surface area contributed by atoms with Gasteiger partial charge in [-0.25, -0.2) is 9.97 Å². The van der Waals surface area contributed by atoms with Gasteiger partial charge in [-0.1, -0.05) is 13.8 Å². The highest BCUT2D eigenvalue weighted by molar-refractivity contribution is 7.19. The Morgan fingerprint density at radius 3 is 2.75 bits per heavy atom. The second kappa shape index (κ2) is 6.77. The predicted molar refractivity (Wildman–Crippen MR) is 110 cm³/mol. The van der Waals surface area contributed by atoms with Crippen molar-refractivity contribution < 1.29 is 4.79 Å². The molecule has 1 saturated heterocycles. The zero-order valence-electron chi connectivity index (χ0n) is 16.7. The maximum absolute atomic E-state index is 13.0. The summed E-state index contributed by atoms with van der Waals surface area (Å²) >= 11 is 1.79. The summed E-state index contributed by atoms with van der Waals surface area (Å²) in [5, 5.41) is 5.68. The third-order valence-corrected chi connectivity index (χ3v) is 7.37. The first-order chi connectivity index (χ1) is 13.5. The Labute approximate surface area is 168 Å². The van der Waals surface area contributed by atoms with Crippen molar-refractivity contribution in [2.45, 2.75) is 40.0 Å². The molecule has 148 valence electrons. The van der Waals surface area contributed by atoms with Crippen LogP contribution in [-0.2, 0) is 12.8 Å². The van der Waals surface area contributed by atoms with Crippen LogP contribution < -0.4 is 0 Å². The lowest BCUT2D eigenvalue weighted by Gasteiger charge is -2.33. The van der Waals surface area contributed by atoms with Gasteiger partial charge in [-0.2, -0.15) is 4.52 Å². The number of aromatic nitrogens is 4. The van der Waals surface area contributed by atoms with Gasteiger partial charge < -0.3 is 9.80 Å². The van der Waals surface area contributed by atoms with Gasteiger partial charge in [0.2, 0.25) is 5.82 Å². The number of hydrogen-bond acceptors (Lipinski definition) is 6. The molecule has 2 aliphatic rings. The molecule has 1 amide bonds. The number of amides is 1. The second-order valence-corrected chi connectivity index (χ2v) is 9.17. The van der Waals surface area contributed by atoms with Crippen LogP contribution in [0.2, 0.25) is 0 Å². The largest absolute Gasteiger partial charge is 0.333 e. The van der Waals surface area contributed by atoms with Gasteiger partial charge in [0.25, 0.3) is 5.91 Å². The number of thiophene rings is 1. The molecule has 7 nitrogen and oxygen atoms in total. The molecular formula is C20H26N6OS. The Morgan fingerprint density at radius 2 is 2.00 bits per heavy atom. The van der Waals surface area contributed by atoms with Crippen molar-refractivity contribution in [3.05, 3.63) is 22.1 Å². The molecule has 4 heterocycles. The number of hydrogen-bond donors (Lipinski definition) is 0. The molecule has 0 bridgehead atoms. The topological polar surface area (TPSA) is 66.6 Å². The minimum absolute atomic E-state index is 0.0653. The van der Waals surface area contributed by atoms with Crippen LogP contribution in [0.15, 0.2) is 0 Å². The van der Waals surface area contributed by atoms with E-state index in [1.165, 1.54) is 16.9 Å². The van der Waals surface area contributed by atoms with Crippen LogP contribution in [0.5, 0.6) is 0 Å². The van der Waals surface area contributed by atoms with E-state index in [0.717, 1.165) is 67.3 Å². The molecule has 0 N–H and O–H groups in total. The van der Waals surface area contributed by atoms with Gasteiger partial charge in [-0.15, -0.1) is 16.4 Å². The SMILES string of the molecule is CCN1CCN(C(=O)c2nc3c4c5c(sc4nc(C)n3n2)CCC(C)C5)CC1. The van der Waals surface area contributed by atoms with Crippen molar-refractivity contribution in [1.82, 2.24) is 29.4 Å². The summed E-state index contributed by atoms with van der Waals surface area (Å²) in [4.78, 5) is 29.3. The summed E-state index contributed by atoms with van der Waals surface area (Å²) < 4.78 is 1.77. The Kier molecular flexibility index (Phi) is 4.35. The maximum Gasteiger partial charge on any atom is 0.293 e. The van der Waals surface area contributed by atoms with Crippen LogP contribution >= 0.6 is 11.3 Å². The van der Waals surface area contributed by atoms with Crippen molar-refractivity contribution in [2.24, 2.45) is 5.92 Å². The van der Waals surface area contributed by atoms with Crippen molar-refractivity contribution >= 4 is 33.1 Å². The summed E-state index contributed by atoms with van der Waals surface area (Å²) in [6.07, 6.45) is 3.41. The second-order valence-electron chi connectivity index (χ2n) is 8.09. The van der Waals surface area contributed by atoms with Gasteiger partial charge in [-0.3, -0.25) is 4.79 Å². The monoisotopic (exact) mass is 398 g/mol. The van der Waals surface area contributed by atoms with Crippen LogP contribution in [0.1, 0.15) is 47.2 Å². The summed E-state index contributed by atoms with van der Waals surface area (Å²) in [7, 11) is 0. The fourth-order valence-corrected chi connectivity index (χ4v) is 5.70. The highest BCUT2D eigenvalue weighted by Crippen LogP contribution is 2.39. The molecule has 5 rings (SSSR count). The molecule has 0 radical (unpaired) electrons. The highest BCUT2D eigenvalue weighted by Gasteiger charge is 2.28. The lowest BCUT2D eigenvalue weighted by atomic mass is 9.89. The zero-order valence-corrected chi connectivity index (χ0v) is 17.6. The molecule has 1 aliphatic heterocycles. The molecule has 0 saturated carbocycles. The van der Waals surface area contributed by atoms with Crippen LogP contribution in [0.4, 0.5) is 0 Å². The molecule has 0 spiro atoms. The Balaban J connectivity index is 1.57. The van der Waals surface area contributed by atoms with E-state index < -0.39 is 0 Å². The van der Waals surface area contributed by atoms with Crippen LogP contribution in [0, 0.1) is 12.8 Å². The summed E-state index contributed by atoms with van der Waals surface area (Å²) in [6, 6.07) is 0. The van der Waals surface area contributed by atoms with Crippen LogP contribution in [0.25, 0.3) is 15.9 Å². The lowest BCUT2D eigenvalue weighted by molar-refractivity contribution is 0.0631. The predicted octanol–water partition coefficient (Wildman–Crippen LogP) is 2.55. The minimum atomic E-state index is -0.0653. The van der Waals surface area contributed by atoms with E-state index in [1.54, 1.807) is 15.9 Å². The summed E-state index contributed by atoms with van der Waals surface area (Å²) in [5.41, 5.74) is 2.17. The summed E-state index contributed by atoms with van der Waals surface area (Å²) in [5.74, 6) is 1.69. The first-order valence-electron chi connectivity index (χ1n) is 10.2. The zero-order chi connectivity index (χ0) is 19.4. The third kappa shape index (κ3) is 2.81. The average molecular weight is 399 g/mol. The van der Waals surface area contributed by atoms with Crippen LogP contribution in [-0.4, -0.2) is 68.0 Å². The fraction of sp³-hybridized carbons (Fsp3) is 0.600. The van der Waals surface area contributed by atoms with Gasteiger partial charge in [-0.05, 0) is 44.2 Å².